The third kappa shape index (κ3) is 5.54. The van der Waals surface area contributed by atoms with Crippen LogP contribution in [-0.4, -0.2) is 18.0 Å². The molecule has 1 aromatic heterocycles. The Balaban J connectivity index is 1.56. The van der Waals surface area contributed by atoms with E-state index in [2.05, 4.69) is 20.6 Å². The minimum atomic E-state index is -0.241. The van der Waals surface area contributed by atoms with Crippen LogP contribution in [-0.2, 0) is 19.7 Å². The van der Waals surface area contributed by atoms with Crippen molar-refractivity contribution in [2.24, 2.45) is 4.99 Å². The average molecular weight is 378 g/mol. The number of nitrogens with zero attached hydrogens (tertiary/aromatic N) is 2. The zero-order chi connectivity index (χ0) is 19.6. The van der Waals surface area contributed by atoms with E-state index < -0.39 is 0 Å². The molecule has 0 aliphatic carbocycles. The number of aliphatic imine (C=N–C) groups is 1. The number of rotatable bonds is 7. The average Bonchev–Trinajstić information content (AvgIpc) is 2.75. The number of hydrogen-bond donors (Lipinski definition) is 2. The van der Waals surface area contributed by atoms with Crippen molar-refractivity contribution >= 4 is 5.96 Å². The molecule has 28 heavy (non-hydrogen) atoms. The number of halogens is 1. The summed E-state index contributed by atoms with van der Waals surface area (Å²) in [6.07, 6.45) is 1.70. The molecule has 5 nitrogen and oxygen atoms in total. The van der Waals surface area contributed by atoms with E-state index in [0.717, 1.165) is 11.1 Å². The number of hydrogen-bond acceptors (Lipinski definition) is 3. The van der Waals surface area contributed by atoms with Crippen molar-refractivity contribution in [3.05, 3.63) is 95.4 Å². The molecule has 0 bridgehead atoms. The Kier molecular flexibility index (Phi) is 6.95. The first-order valence-corrected chi connectivity index (χ1v) is 9.05. The fraction of sp³-hybridized carbons (Fsp3) is 0.182. The van der Waals surface area contributed by atoms with E-state index in [4.69, 9.17) is 4.74 Å². The standard InChI is InChI=1S/C22H23FN4O/c1-24-22(26-14-18-10-5-6-12-20(18)23)27-15-19-11-7-13-25-21(19)28-16-17-8-3-2-4-9-17/h2-13H,14-16H2,1H3,(H2,24,26,27). The van der Waals surface area contributed by atoms with Crippen LogP contribution in [0.15, 0.2) is 77.9 Å². The smallest absolute Gasteiger partial charge is 0.218 e. The van der Waals surface area contributed by atoms with Gasteiger partial charge < -0.3 is 15.4 Å². The number of aromatic nitrogens is 1. The van der Waals surface area contributed by atoms with Gasteiger partial charge in [0.05, 0.1) is 0 Å². The van der Waals surface area contributed by atoms with Crippen molar-refractivity contribution in [1.29, 1.82) is 0 Å². The van der Waals surface area contributed by atoms with Gasteiger partial charge in [-0.05, 0) is 17.7 Å². The van der Waals surface area contributed by atoms with Crippen molar-refractivity contribution in [2.45, 2.75) is 19.7 Å². The fourth-order valence-electron chi connectivity index (χ4n) is 2.63. The van der Waals surface area contributed by atoms with Crippen molar-refractivity contribution in [3.63, 3.8) is 0 Å². The quantitative estimate of drug-likeness (QED) is 0.487. The van der Waals surface area contributed by atoms with Crippen LogP contribution in [0.5, 0.6) is 5.88 Å². The summed E-state index contributed by atoms with van der Waals surface area (Å²) >= 11 is 0. The molecular formula is C22H23FN4O. The summed E-state index contributed by atoms with van der Waals surface area (Å²) in [6, 6.07) is 20.4. The summed E-state index contributed by atoms with van der Waals surface area (Å²) in [5, 5.41) is 6.32. The molecule has 3 rings (SSSR count). The zero-order valence-electron chi connectivity index (χ0n) is 15.7. The lowest BCUT2D eigenvalue weighted by molar-refractivity contribution is 0.290. The van der Waals surface area contributed by atoms with Crippen LogP contribution in [0, 0.1) is 5.82 Å². The lowest BCUT2D eigenvalue weighted by atomic mass is 10.2. The minimum Gasteiger partial charge on any atom is -0.473 e. The van der Waals surface area contributed by atoms with Gasteiger partial charge in [0.15, 0.2) is 5.96 Å². The maximum atomic E-state index is 13.7. The highest BCUT2D eigenvalue weighted by atomic mass is 19.1. The van der Waals surface area contributed by atoms with Crippen molar-refractivity contribution in [3.8, 4) is 5.88 Å². The predicted octanol–water partition coefficient (Wildman–Crippen LogP) is 3.66. The van der Waals surface area contributed by atoms with Crippen molar-refractivity contribution in [1.82, 2.24) is 15.6 Å². The third-order valence-electron chi connectivity index (χ3n) is 4.14. The Bertz CT molecular complexity index is 915. The minimum absolute atomic E-state index is 0.241. The normalized spacial score (nSPS) is 11.1. The Hall–Kier alpha value is -3.41. The Morgan fingerprint density at radius 1 is 0.929 bits per heavy atom. The molecule has 3 aromatic rings. The number of guanidine groups is 1. The van der Waals surface area contributed by atoms with Gasteiger partial charge in [-0.1, -0.05) is 54.6 Å². The molecule has 0 unspecified atom stereocenters. The lowest BCUT2D eigenvalue weighted by Crippen LogP contribution is -2.36. The van der Waals surface area contributed by atoms with Crippen LogP contribution < -0.4 is 15.4 Å². The van der Waals surface area contributed by atoms with Crippen molar-refractivity contribution < 1.29 is 9.13 Å². The largest absolute Gasteiger partial charge is 0.473 e. The summed E-state index contributed by atoms with van der Waals surface area (Å²) < 4.78 is 19.6. The molecule has 0 spiro atoms. The van der Waals surface area contributed by atoms with Gasteiger partial charge in [0.1, 0.15) is 12.4 Å². The molecule has 0 atom stereocenters. The van der Waals surface area contributed by atoms with Gasteiger partial charge in [-0.2, -0.15) is 0 Å². The molecule has 0 aliphatic rings. The summed E-state index contributed by atoms with van der Waals surface area (Å²) in [5.74, 6) is 0.902. The lowest BCUT2D eigenvalue weighted by Gasteiger charge is -2.14. The summed E-state index contributed by atoms with van der Waals surface area (Å²) in [6.45, 7) is 1.27. The Morgan fingerprint density at radius 2 is 1.61 bits per heavy atom. The maximum absolute atomic E-state index is 13.7. The Morgan fingerprint density at radius 3 is 2.36 bits per heavy atom. The predicted molar refractivity (Wildman–Crippen MR) is 108 cm³/mol. The van der Waals surface area contributed by atoms with E-state index in [1.807, 2.05) is 48.5 Å². The monoisotopic (exact) mass is 378 g/mol. The molecule has 2 aromatic carbocycles. The van der Waals surface area contributed by atoms with E-state index in [0.29, 0.717) is 37.1 Å². The van der Waals surface area contributed by atoms with Gasteiger partial charge in [0, 0.05) is 37.5 Å². The number of pyridine rings is 1. The SMILES string of the molecule is CN=C(NCc1ccccc1F)NCc1cccnc1OCc1ccccc1. The number of benzene rings is 2. The highest BCUT2D eigenvalue weighted by molar-refractivity contribution is 5.79. The molecule has 1 heterocycles. The first-order chi connectivity index (χ1) is 13.8. The first kappa shape index (κ1) is 19.4. The molecule has 0 radical (unpaired) electrons. The topological polar surface area (TPSA) is 58.5 Å². The fourth-order valence-corrected chi connectivity index (χ4v) is 2.63. The molecular weight excluding hydrogens is 355 g/mol. The zero-order valence-corrected chi connectivity index (χ0v) is 15.7. The van der Waals surface area contributed by atoms with Gasteiger partial charge in [0.2, 0.25) is 5.88 Å². The molecule has 0 aliphatic heterocycles. The van der Waals surface area contributed by atoms with Crippen LogP contribution >= 0.6 is 0 Å². The summed E-state index contributed by atoms with van der Waals surface area (Å²) in [7, 11) is 1.67. The van der Waals surface area contributed by atoms with Crippen LogP contribution in [0.2, 0.25) is 0 Å². The van der Waals surface area contributed by atoms with E-state index in [9.17, 15) is 4.39 Å². The Labute approximate surface area is 164 Å². The highest BCUT2D eigenvalue weighted by Crippen LogP contribution is 2.16. The number of nitrogens with one attached hydrogen (secondary N) is 2. The molecule has 2 N–H and O–H groups in total. The van der Waals surface area contributed by atoms with Gasteiger partial charge in [-0.25, -0.2) is 9.37 Å². The molecule has 6 heteroatoms. The van der Waals surface area contributed by atoms with E-state index >= 15 is 0 Å². The first-order valence-electron chi connectivity index (χ1n) is 9.05. The number of ether oxygens (including phenoxy) is 1. The van der Waals surface area contributed by atoms with Crippen LogP contribution in [0.1, 0.15) is 16.7 Å². The maximum Gasteiger partial charge on any atom is 0.218 e. The third-order valence-corrected chi connectivity index (χ3v) is 4.14. The van der Waals surface area contributed by atoms with Gasteiger partial charge in [-0.15, -0.1) is 0 Å². The van der Waals surface area contributed by atoms with Gasteiger partial charge in [-0.3, -0.25) is 4.99 Å². The second-order valence-electron chi connectivity index (χ2n) is 6.11. The summed E-state index contributed by atoms with van der Waals surface area (Å²) in [5.41, 5.74) is 2.57. The van der Waals surface area contributed by atoms with E-state index in [-0.39, 0.29) is 5.82 Å². The van der Waals surface area contributed by atoms with Gasteiger partial charge >= 0.3 is 0 Å². The molecule has 0 fully saturated rings. The van der Waals surface area contributed by atoms with Gasteiger partial charge in [0.25, 0.3) is 0 Å². The van der Waals surface area contributed by atoms with Crippen LogP contribution in [0.4, 0.5) is 4.39 Å². The molecule has 0 amide bonds. The molecule has 0 saturated carbocycles. The van der Waals surface area contributed by atoms with Crippen LogP contribution in [0.3, 0.4) is 0 Å². The second kappa shape index (κ2) is 10.1. The van der Waals surface area contributed by atoms with Crippen LogP contribution in [0.25, 0.3) is 0 Å². The molecule has 144 valence electrons. The van der Waals surface area contributed by atoms with Crippen molar-refractivity contribution in [2.75, 3.05) is 7.05 Å². The second-order valence-corrected chi connectivity index (χ2v) is 6.11. The molecule has 0 saturated heterocycles. The highest BCUT2D eigenvalue weighted by Gasteiger charge is 2.07. The summed E-state index contributed by atoms with van der Waals surface area (Å²) in [4.78, 5) is 8.51. The van der Waals surface area contributed by atoms with E-state index in [1.54, 1.807) is 25.4 Å². The van der Waals surface area contributed by atoms with E-state index in [1.165, 1.54) is 6.07 Å².